The van der Waals surface area contributed by atoms with Gasteiger partial charge in [-0.2, -0.15) is 0 Å². The summed E-state index contributed by atoms with van der Waals surface area (Å²) in [4.78, 5) is 11.9. The van der Waals surface area contributed by atoms with Crippen LogP contribution in [0.5, 0.6) is 0 Å². The van der Waals surface area contributed by atoms with Gasteiger partial charge in [-0.1, -0.05) is 31.3 Å². The van der Waals surface area contributed by atoms with Gasteiger partial charge in [-0.3, -0.25) is 4.79 Å². The van der Waals surface area contributed by atoms with E-state index in [1.807, 2.05) is 6.92 Å². The molecule has 94 valence electrons. The van der Waals surface area contributed by atoms with Crippen molar-refractivity contribution in [1.82, 2.24) is 0 Å². The number of ether oxygens (including phenoxy) is 1. The molecule has 0 aliphatic carbocycles. The summed E-state index contributed by atoms with van der Waals surface area (Å²) >= 11 is 0. The number of hydrogen-bond donors (Lipinski definition) is 0. The van der Waals surface area contributed by atoms with E-state index in [4.69, 9.17) is 4.74 Å². The van der Waals surface area contributed by atoms with Crippen LogP contribution in [0.4, 0.5) is 0 Å². The van der Waals surface area contributed by atoms with Gasteiger partial charge in [0.1, 0.15) is 0 Å². The Hall–Kier alpha value is -0.573. The van der Waals surface area contributed by atoms with Crippen LogP contribution in [0.15, 0.2) is 11.6 Å². The molecule has 0 aromatic heterocycles. The molecule has 0 radical (unpaired) electrons. The molecule has 3 heteroatoms. The van der Waals surface area contributed by atoms with E-state index < -0.39 is 8.07 Å². The highest BCUT2D eigenvalue weighted by atomic mass is 28.3. The Kier molecular flexibility index (Phi) is 6.64. The fourth-order valence-corrected chi connectivity index (χ4v) is 3.51. The van der Waals surface area contributed by atoms with Gasteiger partial charge in [0.25, 0.3) is 0 Å². The zero-order valence-corrected chi connectivity index (χ0v) is 12.6. The highest BCUT2D eigenvalue weighted by Gasteiger charge is 2.33. The summed E-state index contributed by atoms with van der Waals surface area (Å²) in [6, 6.07) is 0. The third-order valence-corrected chi connectivity index (χ3v) is 5.24. The molecule has 16 heavy (non-hydrogen) atoms. The second-order valence-electron chi connectivity index (χ2n) is 5.53. The van der Waals surface area contributed by atoms with Gasteiger partial charge in [0.2, 0.25) is 0 Å². The average Bonchev–Trinajstić information content (AvgIpc) is 2.10. The maximum absolute atomic E-state index is 11.9. The largest absolute Gasteiger partial charge is 0.466 e. The molecule has 0 aromatic rings. The van der Waals surface area contributed by atoms with E-state index in [0.717, 1.165) is 12.8 Å². The highest BCUT2D eigenvalue weighted by Crippen LogP contribution is 2.28. The standard InChI is InChI=1S/C13H26O2Si/c1-7-15-13(14)12(16(4,5)6)10-8-9-11(2)3/h9,12H,7-8,10H2,1-6H3. The monoisotopic (exact) mass is 242 g/mol. The maximum Gasteiger partial charge on any atom is 0.306 e. The van der Waals surface area contributed by atoms with Crippen LogP contribution in [-0.4, -0.2) is 20.7 Å². The smallest absolute Gasteiger partial charge is 0.306 e. The Morgan fingerprint density at radius 2 is 1.88 bits per heavy atom. The summed E-state index contributed by atoms with van der Waals surface area (Å²) in [5.41, 5.74) is 1.45. The van der Waals surface area contributed by atoms with E-state index in [1.165, 1.54) is 5.57 Å². The summed E-state index contributed by atoms with van der Waals surface area (Å²) < 4.78 is 5.16. The number of hydrogen-bond acceptors (Lipinski definition) is 2. The van der Waals surface area contributed by atoms with Gasteiger partial charge in [-0.05, 0) is 33.6 Å². The van der Waals surface area contributed by atoms with Crippen molar-refractivity contribution in [3.63, 3.8) is 0 Å². The van der Waals surface area contributed by atoms with Crippen LogP contribution in [0.25, 0.3) is 0 Å². The second kappa shape index (κ2) is 6.89. The lowest BCUT2D eigenvalue weighted by Gasteiger charge is -2.26. The summed E-state index contributed by atoms with van der Waals surface area (Å²) in [6.45, 7) is 13.2. The molecule has 1 unspecified atom stereocenters. The maximum atomic E-state index is 11.9. The van der Waals surface area contributed by atoms with E-state index in [-0.39, 0.29) is 11.5 Å². The first-order valence-electron chi connectivity index (χ1n) is 6.09. The van der Waals surface area contributed by atoms with E-state index in [0.29, 0.717) is 6.61 Å². The topological polar surface area (TPSA) is 26.3 Å². The summed E-state index contributed by atoms with van der Waals surface area (Å²) in [5.74, 6) is 0.00354. The summed E-state index contributed by atoms with van der Waals surface area (Å²) in [7, 11) is -1.46. The van der Waals surface area contributed by atoms with Gasteiger partial charge in [0.05, 0.1) is 20.2 Å². The van der Waals surface area contributed by atoms with Gasteiger partial charge >= 0.3 is 5.97 Å². The van der Waals surface area contributed by atoms with Gasteiger partial charge in [0.15, 0.2) is 0 Å². The third kappa shape index (κ3) is 6.11. The Labute approximate surface area is 101 Å². The molecule has 0 spiro atoms. The van der Waals surface area contributed by atoms with Crippen LogP contribution < -0.4 is 0 Å². The molecule has 0 heterocycles. The number of allylic oxidation sites excluding steroid dienone is 2. The predicted molar refractivity (Wildman–Crippen MR) is 72.4 cm³/mol. The van der Waals surface area contributed by atoms with Crippen molar-refractivity contribution in [2.24, 2.45) is 0 Å². The quantitative estimate of drug-likeness (QED) is 0.400. The third-order valence-electron chi connectivity index (χ3n) is 2.62. The minimum atomic E-state index is -1.46. The Bertz CT molecular complexity index is 247. The fourth-order valence-electron chi connectivity index (χ4n) is 1.69. The lowest BCUT2D eigenvalue weighted by atomic mass is 10.2. The summed E-state index contributed by atoms with van der Waals surface area (Å²) in [6.07, 6.45) is 4.11. The van der Waals surface area contributed by atoms with Gasteiger partial charge in [-0.15, -0.1) is 0 Å². The van der Waals surface area contributed by atoms with Crippen molar-refractivity contribution < 1.29 is 9.53 Å². The molecular formula is C13H26O2Si. The van der Waals surface area contributed by atoms with E-state index >= 15 is 0 Å². The number of rotatable bonds is 6. The van der Waals surface area contributed by atoms with Crippen molar-refractivity contribution in [2.45, 2.75) is 58.8 Å². The molecular weight excluding hydrogens is 216 g/mol. The van der Waals surface area contributed by atoms with Gasteiger partial charge < -0.3 is 4.74 Å². The molecule has 0 aromatic carbocycles. The van der Waals surface area contributed by atoms with Crippen LogP contribution in [0, 0.1) is 0 Å². The van der Waals surface area contributed by atoms with Crippen molar-refractivity contribution >= 4 is 14.0 Å². The van der Waals surface area contributed by atoms with E-state index in [1.54, 1.807) is 0 Å². The molecule has 2 nitrogen and oxygen atoms in total. The average molecular weight is 242 g/mol. The minimum Gasteiger partial charge on any atom is -0.466 e. The Morgan fingerprint density at radius 3 is 2.25 bits per heavy atom. The predicted octanol–water partition coefficient (Wildman–Crippen LogP) is 4.00. The zero-order valence-electron chi connectivity index (χ0n) is 11.6. The normalized spacial score (nSPS) is 13.1. The van der Waals surface area contributed by atoms with Crippen molar-refractivity contribution in [1.29, 1.82) is 0 Å². The van der Waals surface area contributed by atoms with E-state index in [2.05, 4.69) is 39.6 Å². The van der Waals surface area contributed by atoms with Gasteiger partial charge in [0, 0.05) is 0 Å². The Morgan fingerprint density at radius 1 is 1.31 bits per heavy atom. The molecule has 0 saturated carbocycles. The van der Waals surface area contributed by atoms with Gasteiger partial charge in [-0.25, -0.2) is 0 Å². The van der Waals surface area contributed by atoms with Crippen LogP contribution >= 0.6 is 0 Å². The lowest BCUT2D eigenvalue weighted by Crippen LogP contribution is -2.34. The molecule has 0 saturated heterocycles. The molecule has 0 aliphatic rings. The first-order valence-corrected chi connectivity index (χ1v) is 9.66. The van der Waals surface area contributed by atoms with Crippen LogP contribution in [0.2, 0.25) is 25.2 Å². The molecule has 1 atom stereocenters. The van der Waals surface area contributed by atoms with E-state index in [9.17, 15) is 4.79 Å². The summed E-state index contributed by atoms with van der Waals surface area (Å²) in [5, 5.41) is 0. The molecule has 0 fully saturated rings. The molecule has 0 bridgehead atoms. The first-order chi connectivity index (χ1) is 7.29. The van der Waals surface area contributed by atoms with Crippen molar-refractivity contribution in [3.8, 4) is 0 Å². The van der Waals surface area contributed by atoms with Crippen LogP contribution in [0.3, 0.4) is 0 Å². The molecule has 0 N–H and O–H groups in total. The second-order valence-corrected chi connectivity index (χ2v) is 11.0. The number of carbonyl (C=O) groups excluding carboxylic acids is 1. The lowest BCUT2D eigenvalue weighted by molar-refractivity contribution is -0.143. The number of esters is 1. The zero-order chi connectivity index (χ0) is 12.8. The molecule has 0 amide bonds. The highest BCUT2D eigenvalue weighted by molar-refractivity contribution is 6.80. The minimum absolute atomic E-state index is 0.00354. The van der Waals surface area contributed by atoms with Crippen molar-refractivity contribution in [2.75, 3.05) is 6.61 Å². The molecule has 0 rings (SSSR count). The SMILES string of the molecule is CCOC(=O)C(CCC=C(C)C)[Si](C)(C)C. The van der Waals surface area contributed by atoms with Crippen molar-refractivity contribution in [3.05, 3.63) is 11.6 Å². The number of carbonyl (C=O) groups is 1. The fraction of sp³-hybridized carbons (Fsp3) is 0.769. The Balaban J connectivity index is 4.45. The molecule has 0 aliphatic heterocycles. The van der Waals surface area contributed by atoms with Crippen LogP contribution in [0.1, 0.15) is 33.6 Å². The first kappa shape index (κ1) is 15.4. The van der Waals surface area contributed by atoms with Crippen LogP contribution in [-0.2, 0) is 9.53 Å².